The molecule has 4 rings (SSSR count). The van der Waals surface area contributed by atoms with Gasteiger partial charge in [0.25, 0.3) is 0 Å². The molecular weight excluding hydrogens is 460 g/mol. The molecular formula is C28H34N2O6. The topological polar surface area (TPSA) is 95.5 Å². The molecule has 8 heteroatoms. The molecule has 1 fully saturated rings. The van der Waals surface area contributed by atoms with Crippen LogP contribution < -0.4 is 14.8 Å². The van der Waals surface area contributed by atoms with Gasteiger partial charge in [-0.2, -0.15) is 0 Å². The maximum Gasteiger partial charge on any atom is 0.302 e. The van der Waals surface area contributed by atoms with Gasteiger partial charge in [0.05, 0.1) is 38.5 Å². The summed E-state index contributed by atoms with van der Waals surface area (Å²) in [6.45, 7) is 4.28. The Balaban J connectivity index is 1.74. The van der Waals surface area contributed by atoms with Gasteiger partial charge in [0.1, 0.15) is 6.10 Å². The van der Waals surface area contributed by atoms with Gasteiger partial charge < -0.3 is 24.3 Å². The average Bonchev–Trinajstić information content (AvgIpc) is 2.86. The number of ether oxygens (including phenoxy) is 4. The molecule has 1 saturated carbocycles. The molecule has 0 bridgehead atoms. The SMILES string of the molecule is CCOc1cc2c(cc1OC)C(c1cccc(NC(=O)CCOC)c1)=NC1CCC(OC(C)=O)CC21. The lowest BCUT2D eigenvalue weighted by Crippen LogP contribution is -2.36. The first-order valence-electron chi connectivity index (χ1n) is 12.4. The standard InChI is InChI=1S/C28H34N2O6/c1-5-35-26-15-21-22-14-20(36-17(2)31)9-10-24(22)30-28(23(21)16-25(26)34-4)18-7-6-8-19(13-18)29-27(32)11-12-33-3/h6-8,13,15-16,20,22,24H,5,9-12,14H2,1-4H3,(H,29,32). The van der Waals surface area contributed by atoms with E-state index in [1.54, 1.807) is 14.2 Å². The normalized spacial score (nSPS) is 20.4. The summed E-state index contributed by atoms with van der Waals surface area (Å²) in [5, 5.41) is 2.94. The summed E-state index contributed by atoms with van der Waals surface area (Å²) < 4.78 is 22.1. The number of fused-ring (bicyclic) bond motifs is 3. The van der Waals surface area contributed by atoms with Gasteiger partial charge in [-0.25, -0.2) is 0 Å². The van der Waals surface area contributed by atoms with Crippen LogP contribution in [0.1, 0.15) is 62.1 Å². The van der Waals surface area contributed by atoms with Gasteiger partial charge >= 0.3 is 5.97 Å². The number of carbonyl (C=O) groups excluding carboxylic acids is 2. The minimum atomic E-state index is -0.257. The minimum absolute atomic E-state index is 0.0575. The third-order valence-corrected chi connectivity index (χ3v) is 6.64. The van der Waals surface area contributed by atoms with Crippen LogP contribution in [0.25, 0.3) is 0 Å². The van der Waals surface area contributed by atoms with Gasteiger partial charge in [0.2, 0.25) is 5.91 Å². The molecule has 0 spiro atoms. The Morgan fingerprint density at radius 1 is 1.11 bits per heavy atom. The van der Waals surface area contributed by atoms with E-state index in [0.717, 1.165) is 35.2 Å². The summed E-state index contributed by atoms with van der Waals surface area (Å²) in [6, 6.07) is 11.8. The number of esters is 1. The predicted molar refractivity (Wildman–Crippen MR) is 137 cm³/mol. The summed E-state index contributed by atoms with van der Waals surface area (Å²) in [5.41, 5.74) is 4.54. The second-order valence-corrected chi connectivity index (χ2v) is 9.09. The maximum absolute atomic E-state index is 12.2. The number of hydrogen-bond acceptors (Lipinski definition) is 7. The van der Waals surface area contributed by atoms with Crippen molar-refractivity contribution in [2.24, 2.45) is 4.99 Å². The van der Waals surface area contributed by atoms with Crippen LogP contribution in [0.2, 0.25) is 0 Å². The lowest BCUT2D eigenvalue weighted by Gasteiger charge is -2.38. The Kier molecular flexibility index (Phi) is 8.25. The average molecular weight is 495 g/mol. The third-order valence-electron chi connectivity index (χ3n) is 6.64. The summed E-state index contributed by atoms with van der Waals surface area (Å²) in [6.07, 6.45) is 2.46. The van der Waals surface area contributed by atoms with Gasteiger partial charge in [-0.15, -0.1) is 0 Å². The third kappa shape index (κ3) is 5.70. The van der Waals surface area contributed by atoms with Gasteiger partial charge in [-0.1, -0.05) is 12.1 Å². The first-order valence-corrected chi connectivity index (χ1v) is 12.4. The van der Waals surface area contributed by atoms with E-state index < -0.39 is 0 Å². The zero-order valence-electron chi connectivity index (χ0n) is 21.3. The lowest BCUT2D eigenvalue weighted by molar-refractivity contribution is -0.148. The molecule has 3 unspecified atom stereocenters. The Hall–Kier alpha value is -3.39. The van der Waals surface area contributed by atoms with Crippen molar-refractivity contribution in [1.82, 2.24) is 0 Å². The smallest absolute Gasteiger partial charge is 0.302 e. The van der Waals surface area contributed by atoms with E-state index in [2.05, 4.69) is 11.4 Å². The van der Waals surface area contributed by atoms with Gasteiger partial charge in [0.15, 0.2) is 11.5 Å². The van der Waals surface area contributed by atoms with E-state index >= 15 is 0 Å². The quantitative estimate of drug-likeness (QED) is 0.516. The molecule has 1 amide bonds. The molecule has 36 heavy (non-hydrogen) atoms. The number of anilines is 1. The van der Waals surface area contributed by atoms with Gasteiger partial charge in [0, 0.05) is 36.8 Å². The zero-order chi connectivity index (χ0) is 25.7. The van der Waals surface area contributed by atoms with Crippen molar-refractivity contribution in [2.45, 2.75) is 57.6 Å². The zero-order valence-corrected chi connectivity index (χ0v) is 21.3. The lowest BCUT2D eigenvalue weighted by atomic mass is 9.74. The largest absolute Gasteiger partial charge is 0.493 e. The summed E-state index contributed by atoms with van der Waals surface area (Å²) >= 11 is 0. The summed E-state index contributed by atoms with van der Waals surface area (Å²) in [5.74, 6) is 1.06. The first kappa shape index (κ1) is 25.7. The fourth-order valence-electron chi connectivity index (χ4n) is 5.09. The highest BCUT2D eigenvalue weighted by Crippen LogP contribution is 2.45. The van der Waals surface area contributed by atoms with Crippen LogP contribution in [0.15, 0.2) is 41.4 Å². The van der Waals surface area contributed by atoms with Crippen LogP contribution in [0.4, 0.5) is 5.69 Å². The van der Waals surface area contributed by atoms with E-state index in [0.29, 0.717) is 36.8 Å². The van der Waals surface area contributed by atoms with E-state index in [9.17, 15) is 9.59 Å². The number of rotatable bonds is 9. The Morgan fingerprint density at radius 2 is 1.94 bits per heavy atom. The predicted octanol–water partition coefficient (Wildman–Crippen LogP) is 4.49. The van der Waals surface area contributed by atoms with Crippen LogP contribution >= 0.6 is 0 Å². The number of carbonyl (C=O) groups is 2. The minimum Gasteiger partial charge on any atom is -0.493 e. The molecule has 2 aromatic carbocycles. The number of methoxy groups -OCH3 is 2. The highest BCUT2D eigenvalue weighted by Gasteiger charge is 2.38. The van der Waals surface area contributed by atoms with Crippen molar-refractivity contribution in [3.63, 3.8) is 0 Å². The van der Waals surface area contributed by atoms with Gasteiger partial charge in [-0.3, -0.25) is 14.6 Å². The number of benzene rings is 2. The van der Waals surface area contributed by atoms with Crippen molar-refractivity contribution in [1.29, 1.82) is 0 Å². The highest BCUT2D eigenvalue weighted by atomic mass is 16.5. The van der Waals surface area contributed by atoms with Crippen molar-refractivity contribution in [2.75, 3.05) is 32.8 Å². The van der Waals surface area contributed by atoms with Crippen molar-refractivity contribution in [3.05, 3.63) is 53.1 Å². The van der Waals surface area contributed by atoms with Gasteiger partial charge in [-0.05, 0) is 56.0 Å². The fraction of sp³-hybridized carbons (Fsp3) is 0.464. The molecule has 1 aliphatic heterocycles. The van der Waals surface area contributed by atoms with Crippen LogP contribution in [0.3, 0.4) is 0 Å². The fourth-order valence-corrected chi connectivity index (χ4v) is 5.09. The monoisotopic (exact) mass is 494 g/mol. The molecule has 8 nitrogen and oxygen atoms in total. The van der Waals surface area contributed by atoms with E-state index in [-0.39, 0.29) is 36.4 Å². The molecule has 2 aromatic rings. The summed E-state index contributed by atoms with van der Waals surface area (Å²) in [7, 11) is 3.20. The molecule has 1 N–H and O–H groups in total. The van der Waals surface area contributed by atoms with E-state index in [1.165, 1.54) is 6.92 Å². The molecule has 0 saturated heterocycles. The van der Waals surface area contributed by atoms with Crippen molar-refractivity contribution in [3.8, 4) is 11.5 Å². The molecule has 1 aliphatic carbocycles. The Labute approximate surface area is 212 Å². The van der Waals surface area contributed by atoms with Crippen LogP contribution in [-0.2, 0) is 19.1 Å². The second-order valence-electron chi connectivity index (χ2n) is 9.09. The van der Waals surface area contributed by atoms with Crippen LogP contribution in [0, 0.1) is 0 Å². The molecule has 3 atom stereocenters. The molecule has 1 heterocycles. The first-order chi connectivity index (χ1) is 17.4. The number of amides is 1. The molecule has 192 valence electrons. The van der Waals surface area contributed by atoms with Crippen molar-refractivity contribution >= 4 is 23.3 Å². The number of hydrogen-bond donors (Lipinski definition) is 1. The molecule has 0 aromatic heterocycles. The Morgan fingerprint density at radius 3 is 2.67 bits per heavy atom. The molecule has 2 aliphatic rings. The molecule has 0 radical (unpaired) electrons. The summed E-state index contributed by atoms with van der Waals surface area (Å²) in [4.78, 5) is 29.1. The highest BCUT2D eigenvalue weighted by molar-refractivity contribution is 6.15. The van der Waals surface area contributed by atoms with Crippen LogP contribution in [-0.4, -0.2) is 57.2 Å². The number of nitrogens with one attached hydrogen (secondary N) is 1. The maximum atomic E-state index is 12.2. The Bertz CT molecular complexity index is 1140. The van der Waals surface area contributed by atoms with Crippen LogP contribution in [0.5, 0.6) is 11.5 Å². The second kappa shape index (κ2) is 11.6. The number of aliphatic imine (C=N–C) groups is 1. The van der Waals surface area contributed by atoms with E-state index in [4.69, 9.17) is 23.9 Å². The van der Waals surface area contributed by atoms with E-state index in [1.807, 2.05) is 37.3 Å². The number of nitrogens with zero attached hydrogens (tertiary/aromatic N) is 1. The van der Waals surface area contributed by atoms with Crippen molar-refractivity contribution < 1.29 is 28.5 Å².